The molecule has 27 heavy (non-hydrogen) atoms. The van der Waals surface area contributed by atoms with Gasteiger partial charge in [0.05, 0.1) is 5.69 Å². The normalized spacial score (nSPS) is 11.1. The van der Waals surface area contributed by atoms with E-state index in [1.54, 1.807) is 48.1 Å². The first-order valence-corrected chi connectivity index (χ1v) is 8.93. The molecule has 1 heterocycles. The van der Waals surface area contributed by atoms with Gasteiger partial charge in [0.1, 0.15) is 17.5 Å². The summed E-state index contributed by atoms with van der Waals surface area (Å²) >= 11 is 3.25. The van der Waals surface area contributed by atoms with Gasteiger partial charge < -0.3 is 9.88 Å². The lowest BCUT2D eigenvalue weighted by Gasteiger charge is -2.09. The highest BCUT2D eigenvalue weighted by Crippen LogP contribution is 2.18. The zero-order valence-corrected chi connectivity index (χ0v) is 16.0. The number of carbonyl (C=O) groups is 1. The molecule has 138 valence electrons. The number of rotatable bonds is 5. The van der Waals surface area contributed by atoms with Crippen molar-refractivity contribution >= 4 is 27.9 Å². The van der Waals surface area contributed by atoms with Gasteiger partial charge in [0.2, 0.25) is 5.91 Å². The number of hydrogen-bond donors (Lipinski definition) is 1. The second-order valence-electron chi connectivity index (χ2n) is 5.85. The first-order chi connectivity index (χ1) is 12.9. The molecule has 0 unspecified atom stereocenters. The number of hydrogen-bond acceptors (Lipinski definition) is 2. The molecule has 2 aromatic carbocycles. The average molecular weight is 432 g/mol. The van der Waals surface area contributed by atoms with Crippen LogP contribution in [0.2, 0.25) is 0 Å². The van der Waals surface area contributed by atoms with Gasteiger partial charge in [0, 0.05) is 35.1 Å². The molecule has 4 nitrogen and oxygen atoms in total. The number of benzene rings is 2. The van der Waals surface area contributed by atoms with Crippen LogP contribution in [0, 0.1) is 18.6 Å². The second-order valence-corrected chi connectivity index (χ2v) is 6.76. The fourth-order valence-corrected chi connectivity index (χ4v) is 2.92. The van der Waals surface area contributed by atoms with E-state index >= 15 is 0 Å². The highest BCUT2D eigenvalue weighted by atomic mass is 79.9. The third-order valence-corrected chi connectivity index (χ3v) is 4.43. The van der Waals surface area contributed by atoms with Crippen LogP contribution >= 0.6 is 15.9 Å². The SMILES string of the molecule is Cc1nccn1-c1ccc(CNC(=O)/C=C/c2cc(Br)ccc2F)cc1F. The number of carbonyl (C=O) groups excluding carboxylic acids is 1. The molecule has 1 N–H and O–H groups in total. The first-order valence-electron chi connectivity index (χ1n) is 8.14. The smallest absolute Gasteiger partial charge is 0.244 e. The maximum atomic E-state index is 14.3. The molecule has 3 rings (SSSR count). The van der Waals surface area contributed by atoms with Crippen molar-refractivity contribution < 1.29 is 13.6 Å². The highest BCUT2D eigenvalue weighted by molar-refractivity contribution is 9.10. The Morgan fingerprint density at radius 3 is 2.74 bits per heavy atom. The van der Waals surface area contributed by atoms with E-state index in [-0.39, 0.29) is 6.54 Å². The van der Waals surface area contributed by atoms with Crippen LogP contribution in [0.15, 0.2) is 59.3 Å². The molecule has 1 amide bonds. The summed E-state index contributed by atoms with van der Waals surface area (Å²) in [5, 5.41) is 2.65. The first kappa shape index (κ1) is 19.0. The van der Waals surface area contributed by atoms with Crippen molar-refractivity contribution in [1.82, 2.24) is 14.9 Å². The molecule has 0 saturated heterocycles. The minimum absolute atomic E-state index is 0.157. The summed E-state index contributed by atoms with van der Waals surface area (Å²) in [5.41, 5.74) is 1.31. The van der Waals surface area contributed by atoms with Gasteiger partial charge in [-0.3, -0.25) is 4.79 Å². The third kappa shape index (κ3) is 4.68. The number of nitrogens with zero attached hydrogens (tertiary/aromatic N) is 2. The van der Waals surface area contributed by atoms with Crippen LogP contribution in [0.3, 0.4) is 0 Å². The van der Waals surface area contributed by atoms with E-state index in [9.17, 15) is 13.6 Å². The Hall–Kier alpha value is -2.80. The molecular weight excluding hydrogens is 416 g/mol. The molecule has 0 bridgehead atoms. The van der Waals surface area contributed by atoms with Gasteiger partial charge in [0.25, 0.3) is 0 Å². The van der Waals surface area contributed by atoms with Crippen molar-refractivity contribution in [2.75, 3.05) is 0 Å². The fraction of sp³-hybridized carbons (Fsp3) is 0.100. The number of imidazole rings is 1. The Morgan fingerprint density at radius 2 is 2.04 bits per heavy atom. The lowest BCUT2D eigenvalue weighted by molar-refractivity contribution is -0.116. The molecule has 7 heteroatoms. The van der Waals surface area contributed by atoms with Gasteiger partial charge >= 0.3 is 0 Å². The van der Waals surface area contributed by atoms with Gasteiger partial charge in [-0.05, 0) is 48.9 Å². The Labute approximate surface area is 163 Å². The maximum Gasteiger partial charge on any atom is 0.244 e. The van der Waals surface area contributed by atoms with Crippen molar-refractivity contribution in [3.8, 4) is 5.69 Å². The summed E-state index contributed by atoms with van der Waals surface area (Å²) in [5.74, 6) is -0.548. The minimum Gasteiger partial charge on any atom is -0.348 e. The van der Waals surface area contributed by atoms with Gasteiger partial charge in [-0.2, -0.15) is 0 Å². The average Bonchev–Trinajstić information content (AvgIpc) is 3.06. The third-order valence-electron chi connectivity index (χ3n) is 3.94. The summed E-state index contributed by atoms with van der Waals surface area (Å²) in [6.07, 6.45) is 5.91. The van der Waals surface area contributed by atoms with Crippen molar-refractivity contribution in [3.63, 3.8) is 0 Å². The van der Waals surface area contributed by atoms with Crippen LogP contribution in [0.5, 0.6) is 0 Å². The van der Waals surface area contributed by atoms with Crippen LogP contribution in [-0.2, 0) is 11.3 Å². The quantitative estimate of drug-likeness (QED) is 0.602. The van der Waals surface area contributed by atoms with Gasteiger partial charge in [0.15, 0.2) is 0 Å². The van der Waals surface area contributed by atoms with Crippen LogP contribution in [0.1, 0.15) is 17.0 Å². The van der Waals surface area contributed by atoms with Crippen LogP contribution in [0.4, 0.5) is 8.78 Å². The zero-order chi connectivity index (χ0) is 19.4. The molecule has 0 spiro atoms. The summed E-state index contributed by atoms with van der Waals surface area (Å²) in [4.78, 5) is 16.0. The van der Waals surface area contributed by atoms with Crippen LogP contribution < -0.4 is 5.32 Å². The maximum absolute atomic E-state index is 14.3. The molecular formula is C20H16BrF2N3O. The standard InChI is InChI=1S/C20H16BrF2N3O/c1-13-24-8-9-26(13)19-6-2-14(10-18(19)23)12-25-20(27)7-3-15-11-16(21)4-5-17(15)22/h2-11H,12H2,1H3,(H,25,27)/b7-3+. The number of aryl methyl sites for hydroxylation is 1. The van der Waals surface area contributed by atoms with Gasteiger partial charge in [-0.15, -0.1) is 0 Å². The lowest BCUT2D eigenvalue weighted by atomic mass is 10.2. The molecule has 0 atom stereocenters. The molecule has 0 aliphatic heterocycles. The molecule has 1 aromatic heterocycles. The van der Waals surface area contributed by atoms with E-state index in [1.807, 2.05) is 0 Å². The largest absolute Gasteiger partial charge is 0.348 e. The van der Waals surface area contributed by atoms with E-state index in [2.05, 4.69) is 26.2 Å². The number of amides is 1. The molecule has 0 fully saturated rings. The Balaban J connectivity index is 1.64. The lowest BCUT2D eigenvalue weighted by Crippen LogP contribution is -2.20. The number of halogens is 3. The monoisotopic (exact) mass is 431 g/mol. The Bertz CT molecular complexity index is 1010. The van der Waals surface area contributed by atoms with E-state index in [1.165, 1.54) is 24.3 Å². The Morgan fingerprint density at radius 1 is 1.22 bits per heavy atom. The summed E-state index contributed by atoms with van der Waals surface area (Å²) in [7, 11) is 0. The predicted octanol–water partition coefficient (Wildman–Crippen LogP) is 4.55. The highest BCUT2D eigenvalue weighted by Gasteiger charge is 2.08. The van der Waals surface area contributed by atoms with Crippen molar-refractivity contribution in [2.24, 2.45) is 0 Å². The van der Waals surface area contributed by atoms with Crippen LogP contribution in [0.25, 0.3) is 11.8 Å². The molecule has 0 radical (unpaired) electrons. The molecule has 0 aliphatic carbocycles. The van der Waals surface area contributed by atoms with Crippen LogP contribution in [-0.4, -0.2) is 15.5 Å². The van der Waals surface area contributed by atoms with Crippen molar-refractivity contribution in [3.05, 3.63) is 87.9 Å². The van der Waals surface area contributed by atoms with Gasteiger partial charge in [-0.1, -0.05) is 22.0 Å². The molecule has 0 aliphatic rings. The minimum atomic E-state index is -0.422. The van der Waals surface area contributed by atoms with Gasteiger partial charge in [-0.25, -0.2) is 13.8 Å². The zero-order valence-electron chi connectivity index (χ0n) is 14.4. The van der Waals surface area contributed by atoms with Crippen molar-refractivity contribution in [2.45, 2.75) is 13.5 Å². The van der Waals surface area contributed by atoms with E-state index < -0.39 is 17.5 Å². The van der Waals surface area contributed by atoms with E-state index in [4.69, 9.17) is 0 Å². The summed E-state index contributed by atoms with van der Waals surface area (Å²) < 4.78 is 30.4. The van der Waals surface area contributed by atoms with E-state index in [0.717, 1.165) is 0 Å². The van der Waals surface area contributed by atoms with E-state index in [0.29, 0.717) is 27.1 Å². The summed E-state index contributed by atoms with van der Waals surface area (Å²) in [6.45, 7) is 1.94. The number of nitrogens with one attached hydrogen (secondary N) is 1. The Kier molecular flexibility index (Phi) is 5.81. The summed E-state index contributed by atoms with van der Waals surface area (Å²) in [6, 6.07) is 9.20. The van der Waals surface area contributed by atoms with Crippen molar-refractivity contribution in [1.29, 1.82) is 0 Å². The fourth-order valence-electron chi connectivity index (χ4n) is 2.54. The number of aromatic nitrogens is 2. The topological polar surface area (TPSA) is 46.9 Å². The molecule has 0 saturated carbocycles. The molecule has 3 aromatic rings. The second kappa shape index (κ2) is 8.26. The predicted molar refractivity (Wildman–Crippen MR) is 103 cm³/mol.